The van der Waals surface area contributed by atoms with Crippen molar-refractivity contribution in [3.05, 3.63) is 59.2 Å². The number of hydrogen-bond acceptors (Lipinski definition) is 5. The third-order valence-corrected chi connectivity index (χ3v) is 3.86. The number of rotatable bonds is 3. The first-order valence-corrected chi connectivity index (χ1v) is 7.70. The number of aromatic nitrogens is 7. The van der Waals surface area contributed by atoms with E-state index in [4.69, 9.17) is 11.6 Å². The largest absolute Gasteiger partial charge is 0.451 e. The molecule has 132 valence electrons. The van der Waals surface area contributed by atoms with Crippen molar-refractivity contribution in [3.63, 3.8) is 0 Å². The van der Waals surface area contributed by atoms with Crippen LogP contribution in [0.5, 0.6) is 0 Å². The molecular formula is C15H9ClF3N7. The first-order chi connectivity index (χ1) is 12.4. The molecule has 0 saturated heterocycles. The number of halogens is 4. The van der Waals surface area contributed by atoms with Gasteiger partial charge in [0.1, 0.15) is 6.33 Å². The summed E-state index contributed by atoms with van der Waals surface area (Å²) in [5.74, 6) is -1.17. The summed E-state index contributed by atoms with van der Waals surface area (Å²) >= 11 is 6.06. The van der Waals surface area contributed by atoms with Crippen LogP contribution in [0.25, 0.3) is 17.2 Å². The van der Waals surface area contributed by atoms with E-state index in [-0.39, 0.29) is 11.6 Å². The molecule has 7 nitrogen and oxygen atoms in total. The normalized spacial score (nSPS) is 12.0. The van der Waals surface area contributed by atoms with E-state index in [1.165, 1.54) is 6.33 Å². The minimum absolute atomic E-state index is 0.162. The van der Waals surface area contributed by atoms with Gasteiger partial charge in [-0.15, -0.1) is 5.10 Å². The molecule has 0 fully saturated rings. The number of fused-ring (bicyclic) bond motifs is 1. The zero-order chi connectivity index (χ0) is 18.3. The topological polar surface area (TPSA) is 84.7 Å². The Morgan fingerprint density at radius 2 is 1.92 bits per heavy atom. The zero-order valence-electron chi connectivity index (χ0n) is 12.9. The van der Waals surface area contributed by atoms with Gasteiger partial charge in [-0.25, -0.2) is 19.9 Å². The maximum Gasteiger partial charge on any atom is 0.451 e. The van der Waals surface area contributed by atoms with Gasteiger partial charge < -0.3 is 0 Å². The highest BCUT2D eigenvalue weighted by atomic mass is 35.5. The predicted octanol–water partition coefficient (Wildman–Crippen LogP) is 3.17. The highest BCUT2D eigenvalue weighted by molar-refractivity contribution is 6.30. The first kappa shape index (κ1) is 16.5. The zero-order valence-corrected chi connectivity index (χ0v) is 13.6. The van der Waals surface area contributed by atoms with Crippen LogP contribution in [-0.2, 0) is 12.6 Å². The minimum atomic E-state index is -4.62. The molecule has 4 aromatic rings. The molecule has 0 saturated carbocycles. The van der Waals surface area contributed by atoms with Crippen LogP contribution in [-0.4, -0.2) is 34.5 Å². The molecule has 0 aromatic carbocycles. The smallest absolute Gasteiger partial charge is 0.297 e. The van der Waals surface area contributed by atoms with E-state index in [9.17, 15) is 13.2 Å². The van der Waals surface area contributed by atoms with Gasteiger partial charge >= 0.3 is 6.18 Å². The fourth-order valence-electron chi connectivity index (χ4n) is 2.51. The Morgan fingerprint density at radius 1 is 1.15 bits per heavy atom. The lowest BCUT2D eigenvalue weighted by Gasteiger charge is -2.00. The number of imidazole rings is 1. The molecule has 0 bridgehead atoms. The molecule has 0 spiro atoms. The summed E-state index contributed by atoms with van der Waals surface area (Å²) in [6.07, 6.45) is 2.04. The summed E-state index contributed by atoms with van der Waals surface area (Å²) in [6, 6.07) is 3.28. The number of nitrogens with zero attached hydrogens (tertiary/aromatic N) is 6. The van der Waals surface area contributed by atoms with Gasteiger partial charge in [0.2, 0.25) is 11.6 Å². The van der Waals surface area contributed by atoms with Crippen LogP contribution in [0.4, 0.5) is 13.2 Å². The van der Waals surface area contributed by atoms with E-state index < -0.39 is 12.0 Å². The molecule has 0 atom stereocenters. The molecule has 0 unspecified atom stereocenters. The van der Waals surface area contributed by atoms with Crippen LogP contribution >= 0.6 is 11.6 Å². The van der Waals surface area contributed by atoms with Crippen molar-refractivity contribution in [2.45, 2.75) is 12.6 Å². The molecule has 0 amide bonds. The molecule has 4 rings (SSSR count). The van der Waals surface area contributed by atoms with Gasteiger partial charge in [-0.05, 0) is 17.7 Å². The van der Waals surface area contributed by atoms with E-state index in [1.807, 2.05) is 5.10 Å². The van der Waals surface area contributed by atoms with Crippen LogP contribution in [0.15, 0.2) is 37.1 Å². The van der Waals surface area contributed by atoms with Gasteiger partial charge in [0, 0.05) is 30.0 Å². The molecule has 0 aliphatic carbocycles. The maximum atomic E-state index is 12.8. The van der Waals surface area contributed by atoms with Crippen molar-refractivity contribution in [1.29, 1.82) is 0 Å². The highest BCUT2D eigenvalue weighted by Crippen LogP contribution is 2.29. The lowest BCUT2D eigenvalue weighted by atomic mass is 10.2. The van der Waals surface area contributed by atoms with E-state index in [0.29, 0.717) is 22.7 Å². The fraction of sp³-hybridized carbons (Fsp3) is 0.133. The van der Waals surface area contributed by atoms with E-state index in [2.05, 4.69) is 25.0 Å². The number of H-pyrrole nitrogens is 1. The van der Waals surface area contributed by atoms with Crippen molar-refractivity contribution >= 4 is 17.1 Å². The molecule has 26 heavy (non-hydrogen) atoms. The summed E-state index contributed by atoms with van der Waals surface area (Å²) in [4.78, 5) is 15.8. The second-order valence-corrected chi connectivity index (χ2v) is 5.85. The van der Waals surface area contributed by atoms with Gasteiger partial charge in [-0.3, -0.25) is 9.50 Å². The Morgan fingerprint density at radius 3 is 2.62 bits per heavy atom. The average molecular weight is 380 g/mol. The second kappa shape index (κ2) is 6.06. The molecule has 4 heterocycles. The number of nitrogens with one attached hydrogen (secondary N) is 1. The fourth-order valence-corrected chi connectivity index (χ4v) is 2.67. The van der Waals surface area contributed by atoms with Crippen molar-refractivity contribution in [2.75, 3.05) is 0 Å². The second-order valence-electron chi connectivity index (χ2n) is 5.41. The minimum Gasteiger partial charge on any atom is -0.297 e. The molecule has 0 aliphatic heterocycles. The van der Waals surface area contributed by atoms with Crippen molar-refractivity contribution < 1.29 is 13.2 Å². The summed E-state index contributed by atoms with van der Waals surface area (Å²) < 4.78 is 39.9. The predicted molar refractivity (Wildman–Crippen MR) is 85.4 cm³/mol. The van der Waals surface area contributed by atoms with Gasteiger partial charge in [0.15, 0.2) is 5.82 Å². The van der Waals surface area contributed by atoms with E-state index in [1.54, 1.807) is 35.1 Å². The summed E-state index contributed by atoms with van der Waals surface area (Å²) in [6.45, 7) is 0. The summed E-state index contributed by atoms with van der Waals surface area (Å²) in [5.41, 5.74) is 2.02. The van der Waals surface area contributed by atoms with Crippen LogP contribution < -0.4 is 0 Å². The summed E-state index contributed by atoms with van der Waals surface area (Å²) in [7, 11) is 0. The molecule has 11 heteroatoms. The van der Waals surface area contributed by atoms with Crippen LogP contribution in [0.3, 0.4) is 0 Å². The Hall–Kier alpha value is -3.01. The monoisotopic (exact) mass is 379 g/mol. The lowest BCUT2D eigenvalue weighted by Crippen LogP contribution is -2.07. The van der Waals surface area contributed by atoms with Crippen molar-refractivity contribution in [1.82, 2.24) is 34.5 Å². The molecule has 0 aliphatic rings. The number of pyridine rings is 1. The number of aromatic amines is 1. The quantitative estimate of drug-likeness (QED) is 0.591. The molecular weight excluding hydrogens is 371 g/mol. The van der Waals surface area contributed by atoms with Crippen LogP contribution in [0, 0.1) is 0 Å². The third-order valence-electron chi connectivity index (χ3n) is 3.62. The van der Waals surface area contributed by atoms with Gasteiger partial charge in [0.05, 0.1) is 11.2 Å². The number of hydrogen-bond donors (Lipinski definition) is 1. The lowest BCUT2D eigenvalue weighted by molar-refractivity contribution is -0.144. The van der Waals surface area contributed by atoms with E-state index in [0.717, 1.165) is 5.56 Å². The first-order valence-electron chi connectivity index (χ1n) is 7.32. The third kappa shape index (κ3) is 2.99. The van der Waals surface area contributed by atoms with Gasteiger partial charge in [-0.1, -0.05) is 11.6 Å². The van der Waals surface area contributed by atoms with E-state index >= 15 is 0 Å². The standard InChI is InChI=1S/C15H9ClF3N7/c16-9-1-2-26-11(4-9)10(3-8-5-20-7-21-6-8)22-13(26)12-23-14(25-24-12)15(17,18)19/h1-2,4-7H,3H2,(H,23,24,25). The van der Waals surface area contributed by atoms with Crippen molar-refractivity contribution in [3.8, 4) is 11.6 Å². The Kier molecular flexibility index (Phi) is 3.83. The Labute approximate surface area is 148 Å². The maximum absolute atomic E-state index is 12.8. The SMILES string of the molecule is FC(F)(F)c1nc(-c2nc(Cc3cncnc3)c3cc(Cl)ccn23)n[nH]1. The number of alkyl halides is 3. The highest BCUT2D eigenvalue weighted by Gasteiger charge is 2.35. The molecule has 1 N–H and O–H groups in total. The Balaban J connectivity index is 1.84. The average Bonchev–Trinajstić information content (AvgIpc) is 3.21. The van der Waals surface area contributed by atoms with Crippen LogP contribution in [0.2, 0.25) is 5.02 Å². The molecule has 0 radical (unpaired) electrons. The van der Waals surface area contributed by atoms with Crippen LogP contribution in [0.1, 0.15) is 17.1 Å². The molecule has 4 aromatic heterocycles. The van der Waals surface area contributed by atoms with Gasteiger partial charge in [-0.2, -0.15) is 13.2 Å². The summed E-state index contributed by atoms with van der Waals surface area (Å²) in [5, 5.41) is 6.02. The Bertz CT molecular complexity index is 1070. The van der Waals surface area contributed by atoms with Gasteiger partial charge in [0.25, 0.3) is 0 Å². The van der Waals surface area contributed by atoms with Crippen molar-refractivity contribution in [2.24, 2.45) is 0 Å².